The molecule has 1 heterocycles. The first-order valence-electron chi connectivity index (χ1n) is 9.71. The normalized spacial score (nSPS) is 28.1. The topological polar surface area (TPSA) is 82.8 Å². The summed E-state index contributed by atoms with van der Waals surface area (Å²) < 4.78 is 0. The van der Waals surface area contributed by atoms with Crippen LogP contribution in [0.2, 0.25) is 0 Å². The molecule has 3 unspecified atom stereocenters. The van der Waals surface area contributed by atoms with Crippen LogP contribution in [-0.4, -0.2) is 67.0 Å². The number of likely N-dealkylation sites (tertiary alicyclic amines) is 1. The van der Waals surface area contributed by atoms with Crippen molar-refractivity contribution in [3.8, 4) is 0 Å². The number of amides is 1. The van der Waals surface area contributed by atoms with Crippen molar-refractivity contribution in [2.45, 2.75) is 56.7 Å². The quantitative estimate of drug-likeness (QED) is 0.342. The first-order chi connectivity index (χ1) is 12.1. The van der Waals surface area contributed by atoms with Crippen LogP contribution in [0.1, 0.15) is 45.4 Å². The summed E-state index contributed by atoms with van der Waals surface area (Å²) in [5.41, 5.74) is 5.45. The molecule has 1 saturated heterocycles. The van der Waals surface area contributed by atoms with Crippen molar-refractivity contribution in [2.24, 2.45) is 16.6 Å². The summed E-state index contributed by atoms with van der Waals surface area (Å²) in [6, 6.07) is 0.550. The SMILES string of the molecule is CCNC(=NCCCN1CCCC(C(N)=O)C1)NC1CCC(SC)C1. The molecule has 0 bridgehead atoms. The van der Waals surface area contributed by atoms with Gasteiger partial charge in [0.05, 0.1) is 5.92 Å². The fraction of sp³-hybridized carbons (Fsp3) is 0.889. The molecule has 1 aliphatic heterocycles. The third-order valence-corrected chi connectivity index (χ3v) is 6.31. The Bertz CT molecular complexity index is 445. The molecule has 2 aliphatic rings. The fourth-order valence-electron chi connectivity index (χ4n) is 3.77. The minimum atomic E-state index is -0.151. The van der Waals surface area contributed by atoms with Crippen molar-refractivity contribution < 1.29 is 4.79 Å². The zero-order valence-corrected chi connectivity index (χ0v) is 16.6. The molecule has 0 aromatic carbocycles. The number of nitrogens with zero attached hydrogens (tertiary/aromatic N) is 2. The van der Waals surface area contributed by atoms with Gasteiger partial charge in [-0.15, -0.1) is 0 Å². The van der Waals surface area contributed by atoms with E-state index >= 15 is 0 Å². The highest BCUT2D eigenvalue weighted by Crippen LogP contribution is 2.28. The van der Waals surface area contributed by atoms with Crippen LogP contribution in [-0.2, 0) is 4.79 Å². The smallest absolute Gasteiger partial charge is 0.221 e. The molecule has 25 heavy (non-hydrogen) atoms. The number of rotatable bonds is 8. The first-order valence-corrected chi connectivity index (χ1v) is 11.0. The van der Waals surface area contributed by atoms with Crippen molar-refractivity contribution in [1.29, 1.82) is 0 Å². The van der Waals surface area contributed by atoms with Crippen LogP contribution in [0.4, 0.5) is 0 Å². The van der Waals surface area contributed by atoms with E-state index in [1.54, 1.807) is 0 Å². The molecule has 0 aromatic rings. The van der Waals surface area contributed by atoms with E-state index in [9.17, 15) is 4.79 Å². The van der Waals surface area contributed by atoms with E-state index < -0.39 is 0 Å². The van der Waals surface area contributed by atoms with Gasteiger partial charge in [-0.1, -0.05) is 0 Å². The van der Waals surface area contributed by atoms with Gasteiger partial charge in [0.25, 0.3) is 0 Å². The lowest BCUT2D eigenvalue weighted by Crippen LogP contribution is -2.43. The molecule has 6 nitrogen and oxygen atoms in total. The molecule has 1 aliphatic carbocycles. The Balaban J connectivity index is 1.71. The first kappa shape index (κ1) is 20.4. The number of guanidine groups is 1. The number of nitrogens with two attached hydrogens (primary N) is 1. The predicted molar refractivity (Wildman–Crippen MR) is 107 cm³/mol. The van der Waals surface area contributed by atoms with Gasteiger partial charge in [0, 0.05) is 30.9 Å². The van der Waals surface area contributed by atoms with E-state index in [2.05, 4.69) is 28.7 Å². The average molecular weight is 370 g/mol. The van der Waals surface area contributed by atoms with Gasteiger partial charge in [-0.25, -0.2) is 0 Å². The van der Waals surface area contributed by atoms with Gasteiger partial charge in [0.15, 0.2) is 5.96 Å². The van der Waals surface area contributed by atoms with Crippen molar-refractivity contribution in [2.75, 3.05) is 39.0 Å². The van der Waals surface area contributed by atoms with E-state index in [1.807, 2.05) is 11.8 Å². The van der Waals surface area contributed by atoms with Crippen LogP contribution in [0, 0.1) is 5.92 Å². The number of aliphatic imine (C=N–C) groups is 1. The lowest BCUT2D eigenvalue weighted by atomic mass is 9.97. The van der Waals surface area contributed by atoms with Crippen LogP contribution < -0.4 is 16.4 Å². The monoisotopic (exact) mass is 369 g/mol. The standard InChI is InChI=1S/C18H35N5OS/c1-3-20-18(22-15-7-8-16(12-15)25-2)21-9-5-11-23-10-4-6-14(13-23)17(19)24/h14-16H,3-13H2,1-2H3,(H2,19,24)(H2,20,21,22). The number of hydrogen-bond donors (Lipinski definition) is 3. The maximum atomic E-state index is 11.4. The molecule has 4 N–H and O–H groups in total. The Kier molecular flexibility index (Phi) is 8.89. The van der Waals surface area contributed by atoms with Crippen molar-refractivity contribution in [3.05, 3.63) is 0 Å². The van der Waals surface area contributed by atoms with Gasteiger partial charge in [-0.05, 0) is 64.8 Å². The molecule has 144 valence electrons. The molecular weight excluding hydrogens is 334 g/mol. The third kappa shape index (κ3) is 7.05. The number of carbonyl (C=O) groups excluding carboxylic acids is 1. The molecule has 7 heteroatoms. The second kappa shape index (κ2) is 10.9. The van der Waals surface area contributed by atoms with Crippen LogP contribution >= 0.6 is 11.8 Å². The summed E-state index contributed by atoms with van der Waals surface area (Å²) in [6.07, 6.45) is 8.99. The largest absolute Gasteiger partial charge is 0.369 e. The second-order valence-electron chi connectivity index (χ2n) is 7.17. The van der Waals surface area contributed by atoms with E-state index in [0.717, 1.165) is 63.2 Å². The number of nitrogens with one attached hydrogen (secondary N) is 2. The summed E-state index contributed by atoms with van der Waals surface area (Å²) in [5.74, 6) is 0.826. The molecule has 1 amide bonds. The average Bonchev–Trinajstić information content (AvgIpc) is 3.06. The summed E-state index contributed by atoms with van der Waals surface area (Å²) in [4.78, 5) is 18.4. The van der Waals surface area contributed by atoms with E-state index in [4.69, 9.17) is 10.7 Å². The zero-order valence-electron chi connectivity index (χ0n) is 15.8. The maximum absolute atomic E-state index is 11.4. The molecule has 1 saturated carbocycles. The summed E-state index contributed by atoms with van der Waals surface area (Å²) in [6.45, 7) is 6.68. The number of piperidine rings is 1. The van der Waals surface area contributed by atoms with E-state index in [-0.39, 0.29) is 11.8 Å². The van der Waals surface area contributed by atoms with Crippen LogP contribution in [0.15, 0.2) is 4.99 Å². The summed E-state index contributed by atoms with van der Waals surface area (Å²) in [7, 11) is 0. The van der Waals surface area contributed by atoms with Gasteiger partial charge in [0.1, 0.15) is 0 Å². The van der Waals surface area contributed by atoms with Crippen LogP contribution in [0.5, 0.6) is 0 Å². The fourth-order valence-corrected chi connectivity index (χ4v) is 4.57. The molecule has 2 fully saturated rings. The number of primary amides is 1. The zero-order chi connectivity index (χ0) is 18.1. The summed E-state index contributed by atoms with van der Waals surface area (Å²) >= 11 is 1.98. The maximum Gasteiger partial charge on any atom is 0.221 e. The Labute approximate surface area is 156 Å². The highest BCUT2D eigenvalue weighted by molar-refractivity contribution is 7.99. The van der Waals surface area contributed by atoms with Crippen molar-refractivity contribution in [3.63, 3.8) is 0 Å². The molecule has 0 aromatic heterocycles. The van der Waals surface area contributed by atoms with Gasteiger partial charge >= 0.3 is 0 Å². The van der Waals surface area contributed by atoms with Crippen molar-refractivity contribution in [1.82, 2.24) is 15.5 Å². The molecule has 3 atom stereocenters. The Morgan fingerprint density at radius 1 is 1.36 bits per heavy atom. The minimum absolute atomic E-state index is 0.0305. The van der Waals surface area contributed by atoms with Crippen LogP contribution in [0.25, 0.3) is 0 Å². The van der Waals surface area contributed by atoms with Gasteiger partial charge in [0.2, 0.25) is 5.91 Å². The van der Waals surface area contributed by atoms with E-state index in [1.165, 1.54) is 19.3 Å². The van der Waals surface area contributed by atoms with Crippen molar-refractivity contribution >= 4 is 23.6 Å². The van der Waals surface area contributed by atoms with E-state index in [0.29, 0.717) is 6.04 Å². The van der Waals surface area contributed by atoms with Gasteiger partial charge in [-0.2, -0.15) is 11.8 Å². The molecule has 0 spiro atoms. The number of thioether (sulfide) groups is 1. The lowest BCUT2D eigenvalue weighted by molar-refractivity contribution is -0.123. The number of carbonyl (C=O) groups is 1. The highest BCUT2D eigenvalue weighted by atomic mass is 32.2. The minimum Gasteiger partial charge on any atom is -0.369 e. The molecule has 2 rings (SSSR count). The second-order valence-corrected chi connectivity index (χ2v) is 8.31. The number of hydrogen-bond acceptors (Lipinski definition) is 4. The Hall–Kier alpha value is -0.950. The Morgan fingerprint density at radius 2 is 2.20 bits per heavy atom. The molecule has 0 radical (unpaired) electrons. The third-order valence-electron chi connectivity index (χ3n) is 5.21. The molecular formula is C18H35N5OS. The Morgan fingerprint density at radius 3 is 2.88 bits per heavy atom. The highest BCUT2D eigenvalue weighted by Gasteiger charge is 2.25. The predicted octanol–water partition coefficient (Wildman–Crippen LogP) is 1.41. The summed E-state index contributed by atoms with van der Waals surface area (Å²) in [5, 5.41) is 7.74. The lowest BCUT2D eigenvalue weighted by Gasteiger charge is -2.30. The van der Waals surface area contributed by atoms with Gasteiger partial charge in [-0.3, -0.25) is 9.79 Å². The van der Waals surface area contributed by atoms with Gasteiger partial charge < -0.3 is 21.3 Å². The van der Waals surface area contributed by atoms with Crippen LogP contribution in [0.3, 0.4) is 0 Å².